The third kappa shape index (κ3) is 3.19. The summed E-state index contributed by atoms with van der Waals surface area (Å²) in [6.07, 6.45) is 0.239. The second kappa shape index (κ2) is 6.37. The zero-order valence-electron chi connectivity index (χ0n) is 13.0. The number of aryl methyl sites for hydroxylation is 1. The van der Waals surface area contributed by atoms with E-state index in [1.165, 1.54) is 4.57 Å². The van der Waals surface area contributed by atoms with Crippen LogP contribution in [-0.2, 0) is 11.3 Å². The van der Waals surface area contributed by atoms with Crippen LogP contribution in [0, 0.1) is 0 Å². The quantitative estimate of drug-likeness (QED) is 0.828. The first-order valence-corrected chi connectivity index (χ1v) is 7.79. The standard InChI is InChI=1S/C16H20N4O3/c1-11-10-19(9-7-17-11)14(21)6-8-20-13-5-3-2-4-12(13)15(22)18-16(20)23/h2-5,11,17H,6-10H2,1H3,(H,18,22,23). The highest BCUT2D eigenvalue weighted by molar-refractivity contribution is 5.79. The Hall–Kier alpha value is -2.41. The zero-order chi connectivity index (χ0) is 16.4. The second-order valence-corrected chi connectivity index (χ2v) is 5.87. The predicted octanol–water partition coefficient (Wildman–Crippen LogP) is -0.0998. The third-order valence-electron chi connectivity index (χ3n) is 4.18. The molecule has 3 rings (SSSR count). The third-order valence-corrected chi connectivity index (χ3v) is 4.18. The van der Waals surface area contributed by atoms with Crippen LogP contribution in [0.15, 0.2) is 33.9 Å². The van der Waals surface area contributed by atoms with Crippen molar-refractivity contribution >= 4 is 16.8 Å². The number of amides is 1. The van der Waals surface area contributed by atoms with Crippen LogP contribution in [0.2, 0.25) is 0 Å². The summed E-state index contributed by atoms with van der Waals surface area (Å²) in [6.45, 7) is 4.45. The van der Waals surface area contributed by atoms with Crippen molar-refractivity contribution in [2.75, 3.05) is 19.6 Å². The van der Waals surface area contributed by atoms with Gasteiger partial charge in [-0.2, -0.15) is 0 Å². The molecule has 0 bridgehead atoms. The van der Waals surface area contributed by atoms with Crippen LogP contribution in [0.25, 0.3) is 10.9 Å². The molecule has 122 valence electrons. The lowest BCUT2D eigenvalue weighted by Gasteiger charge is -2.32. The number of fused-ring (bicyclic) bond motifs is 1. The fourth-order valence-electron chi connectivity index (χ4n) is 2.99. The molecule has 0 spiro atoms. The van der Waals surface area contributed by atoms with E-state index < -0.39 is 11.2 Å². The maximum absolute atomic E-state index is 12.3. The van der Waals surface area contributed by atoms with Crippen molar-refractivity contribution in [3.8, 4) is 0 Å². The normalized spacial score (nSPS) is 18.3. The number of aromatic amines is 1. The van der Waals surface area contributed by atoms with Crippen molar-refractivity contribution in [1.82, 2.24) is 19.8 Å². The van der Waals surface area contributed by atoms with Crippen LogP contribution in [0.3, 0.4) is 0 Å². The summed E-state index contributed by atoms with van der Waals surface area (Å²) >= 11 is 0. The van der Waals surface area contributed by atoms with Crippen LogP contribution in [0.1, 0.15) is 13.3 Å². The maximum atomic E-state index is 12.3. The van der Waals surface area contributed by atoms with Crippen molar-refractivity contribution < 1.29 is 4.79 Å². The molecule has 2 N–H and O–H groups in total. The smallest absolute Gasteiger partial charge is 0.328 e. The molecular formula is C16H20N4O3. The highest BCUT2D eigenvalue weighted by Gasteiger charge is 2.20. The highest BCUT2D eigenvalue weighted by Crippen LogP contribution is 2.08. The van der Waals surface area contributed by atoms with Gasteiger partial charge in [0, 0.05) is 38.6 Å². The summed E-state index contributed by atoms with van der Waals surface area (Å²) in [5.74, 6) is 0.0283. The number of hydrogen-bond acceptors (Lipinski definition) is 4. The van der Waals surface area contributed by atoms with E-state index in [1.807, 2.05) is 11.8 Å². The molecule has 7 heteroatoms. The number of para-hydroxylation sites is 1. The number of H-pyrrole nitrogens is 1. The number of hydrogen-bond donors (Lipinski definition) is 2. The number of carbonyl (C=O) groups excluding carboxylic acids is 1. The van der Waals surface area contributed by atoms with Crippen LogP contribution in [0.5, 0.6) is 0 Å². The first kappa shape index (κ1) is 15.5. The van der Waals surface area contributed by atoms with E-state index in [0.29, 0.717) is 24.0 Å². The average Bonchev–Trinajstić information content (AvgIpc) is 2.54. The molecular weight excluding hydrogens is 296 g/mol. The summed E-state index contributed by atoms with van der Waals surface area (Å²) in [7, 11) is 0. The van der Waals surface area contributed by atoms with E-state index >= 15 is 0 Å². The minimum Gasteiger partial charge on any atom is -0.340 e. The Morgan fingerprint density at radius 1 is 1.30 bits per heavy atom. The summed E-state index contributed by atoms with van der Waals surface area (Å²) in [5, 5.41) is 3.75. The minimum absolute atomic E-state index is 0.0283. The van der Waals surface area contributed by atoms with Crippen molar-refractivity contribution in [1.29, 1.82) is 0 Å². The Kier molecular flexibility index (Phi) is 4.29. The monoisotopic (exact) mass is 316 g/mol. The minimum atomic E-state index is -0.477. The highest BCUT2D eigenvalue weighted by atomic mass is 16.2. The van der Waals surface area contributed by atoms with E-state index in [9.17, 15) is 14.4 Å². The summed E-state index contributed by atoms with van der Waals surface area (Å²) in [5.41, 5.74) is -0.318. The average molecular weight is 316 g/mol. The van der Waals surface area contributed by atoms with E-state index in [1.54, 1.807) is 24.3 Å². The predicted molar refractivity (Wildman–Crippen MR) is 87.5 cm³/mol. The number of rotatable bonds is 3. The van der Waals surface area contributed by atoms with E-state index in [0.717, 1.165) is 6.54 Å². The van der Waals surface area contributed by atoms with Gasteiger partial charge in [0.15, 0.2) is 0 Å². The number of carbonyl (C=O) groups is 1. The SMILES string of the molecule is CC1CN(C(=O)CCn2c(=O)[nH]c(=O)c3ccccc32)CCN1. The number of nitrogens with one attached hydrogen (secondary N) is 2. The summed E-state index contributed by atoms with van der Waals surface area (Å²) < 4.78 is 1.46. The van der Waals surface area contributed by atoms with Gasteiger partial charge in [0.05, 0.1) is 10.9 Å². The molecule has 2 aromatic rings. The fraction of sp³-hybridized carbons (Fsp3) is 0.438. The Balaban J connectivity index is 1.81. The molecule has 0 aliphatic carbocycles. The molecule has 1 aromatic carbocycles. The molecule has 0 radical (unpaired) electrons. The van der Waals surface area contributed by atoms with E-state index in [-0.39, 0.29) is 24.9 Å². The van der Waals surface area contributed by atoms with Crippen molar-refractivity contribution in [2.24, 2.45) is 0 Å². The van der Waals surface area contributed by atoms with Gasteiger partial charge in [-0.25, -0.2) is 4.79 Å². The largest absolute Gasteiger partial charge is 0.340 e. The molecule has 7 nitrogen and oxygen atoms in total. The molecule has 1 saturated heterocycles. The van der Waals surface area contributed by atoms with Gasteiger partial charge in [0.25, 0.3) is 5.56 Å². The lowest BCUT2D eigenvalue weighted by Crippen LogP contribution is -2.51. The van der Waals surface area contributed by atoms with E-state index in [2.05, 4.69) is 10.3 Å². The molecule has 1 fully saturated rings. The molecule has 2 heterocycles. The van der Waals surface area contributed by atoms with Gasteiger partial charge >= 0.3 is 5.69 Å². The van der Waals surface area contributed by atoms with Gasteiger partial charge in [0.2, 0.25) is 5.91 Å². The molecule has 1 atom stereocenters. The van der Waals surface area contributed by atoms with Crippen molar-refractivity contribution in [2.45, 2.75) is 25.9 Å². The lowest BCUT2D eigenvalue weighted by atomic mass is 10.2. The van der Waals surface area contributed by atoms with Crippen LogP contribution in [-0.4, -0.2) is 46.0 Å². The van der Waals surface area contributed by atoms with Crippen LogP contribution >= 0.6 is 0 Å². The number of piperazine rings is 1. The fourth-order valence-corrected chi connectivity index (χ4v) is 2.99. The Morgan fingerprint density at radius 2 is 2.09 bits per heavy atom. The first-order chi connectivity index (χ1) is 11.1. The van der Waals surface area contributed by atoms with Crippen molar-refractivity contribution in [3.63, 3.8) is 0 Å². The molecule has 1 amide bonds. The molecule has 23 heavy (non-hydrogen) atoms. The molecule has 1 aliphatic heterocycles. The van der Waals surface area contributed by atoms with Gasteiger partial charge in [-0.05, 0) is 19.1 Å². The zero-order valence-corrected chi connectivity index (χ0v) is 13.0. The van der Waals surface area contributed by atoms with E-state index in [4.69, 9.17) is 0 Å². The Bertz CT molecular complexity index is 839. The number of nitrogens with zero attached hydrogens (tertiary/aromatic N) is 2. The molecule has 1 aromatic heterocycles. The Morgan fingerprint density at radius 3 is 2.87 bits per heavy atom. The second-order valence-electron chi connectivity index (χ2n) is 5.87. The van der Waals surface area contributed by atoms with Gasteiger partial charge in [-0.15, -0.1) is 0 Å². The molecule has 0 saturated carbocycles. The number of benzene rings is 1. The Labute approximate surface area is 132 Å². The topological polar surface area (TPSA) is 87.2 Å². The molecule has 1 aliphatic rings. The van der Waals surface area contributed by atoms with Gasteiger partial charge in [-0.1, -0.05) is 12.1 Å². The molecule has 1 unspecified atom stereocenters. The summed E-state index contributed by atoms with van der Waals surface area (Å²) in [6, 6.07) is 7.20. The van der Waals surface area contributed by atoms with Gasteiger partial charge < -0.3 is 10.2 Å². The maximum Gasteiger partial charge on any atom is 0.328 e. The van der Waals surface area contributed by atoms with Crippen LogP contribution in [0.4, 0.5) is 0 Å². The van der Waals surface area contributed by atoms with Gasteiger partial charge in [0.1, 0.15) is 0 Å². The van der Waals surface area contributed by atoms with Gasteiger partial charge in [-0.3, -0.25) is 19.1 Å². The van der Waals surface area contributed by atoms with Crippen molar-refractivity contribution in [3.05, 3.63) is 45.1 Å². The summed E-state index contributed by atoms with van der Waals surface area (Å²) in [4.78, 5) is 40.4. The van der Waals surface area contributed by atoms with Crippen LogP contribution < -0.4 is 16.6 Å². The first-order valence-electron chi connectivity index (χ1n) is 7.79. The lowest BCUT2D eigenvalue weighted by molar-refractivity contribution is -0.132. The number of aromatic nitrogens is 2.